The highest BCUT2D eigenvalue weighted by Gasteiger charge is 2.07. The summed E-state index contributed by atoms with van der Waals surface area (Å²) < 4.78 is 10.2. The molecule has 0 aliphatic carbocycles. The fraction of sp³-hybridized carbons (Fsp3) is 0.727. The van der Waals surface area contributed by atoms with Gasteiger partial charge in [-0.3, -0.25) is 0 Å². The monoisotopic (exact) mass is 240 g/mol. The van der Waals surface area contributed by atoms with Crippen molar-refractivity contribution in [1.29, 1.82) is 0 Å². The Bertz CT molecular complexity index is 344. The maximum Gasteiger partial charge on any atom is 0.223 e. The zero-order chi connectivity index (χ0) is 12.7. The van der Waals surface area contributed by atoms with Gasteiger partial charge >= 0.3 is 0 Å². The molecule has 17 heavy (non-hydrogen) atoms. The Hall–Kier alpha value is -1.27. The first-order chi connectivity index (χ1) is 8.13. The van der Waals surface area contributed by atoms with Crippen LogP contribution in [-0.2, 0) is 15.9 Å². The summed E-state index contributed by atoms with van der Waals surface area (Å²) in [6.07, 6.45) is 0.635. The van der Waals surface area contributed by atoms with Gasteiger partial charge in [0.25, 0.3) is 0 Å². The molecule has 0 saturated carbocycles. The molecule has 6 heteroatoms. The second kappa shape index (κ2) is 7.13. The molecule has 0 aliphatic rings. The Kier molecular flexibility index (Phi) is 5.79. The van der Waals surface area contributed by atoms with E-state index in [9.17, 15) is 0 Å². The number of methoxy groups -OCH3 is 1. The third-order valence-electron chi connectivity index (χ3n) is 2.13. The van der Waals surface area contributed by atoms with E-state index < -0.39 is 0 Å². The Morgan fingerprint density at radius 2 is 1.88 bits per heavy atom. The summed E-state index contributed by atoms with van der Waals surface area (Å²) in [5, 5.41) is 0. The van der Waals surface area contributed by atoms with Gasteiger partial charge in [0, 0.05) is 19.4 Å². The van der Waals surface area contributed by atoms with Crippen molar-refractivity contribution in [3.8, 4) is 0 Å². The minimum absolute atomic E-state index is 0.244. The minimum Gasteiger partial charge on any atom is -0.382 e. The Morgan fingerprint density at radius 1 is 1.12 bits per heavy atom. The predicted octanol–water partition coefficient (Wildman–Crippen LogP) is 0.783. The van der Waals surface area contributed by atoms with Crippen LogP contribution < -0.4 is 5.73 Å². The SMILES string of the molecule is COCCOCCc1nc(N)nc(C(C)C)n1. The van der Waals surface area contributed by atoms with Crippen LogP contribution in [0.15, 0.2) is 0 Å². The lowest BCUT2D eigenvalue weighted by Gasteiger charge is -2.07. The van der Waals surface area contributed by atoms with Gasteiger partial charge in [-0.15, -0.1) is 0 Å². The van der Waals surface area contributed by atoms with Crippen LogP contribution in [-0.4, -0.2) is 41.9 Å². The maximum atomic E-state index is 5.63. The number of ether oxygens (including phenoxy) is 2. The van der Waals surface area contributed by atoms with Gasteiger partial charge in [-0.1, -0.05) is 13.8 Å². The topological polar surface area (TPSA) is 83.2 Å². The molecule has 1 aromatic rings. The standard InChI is InChI=1S/C11H20N4O2/c1-8(2)10-13-9(14-11(12)15-10)4-5-17-7-6-16-3/h8H,4-7H2,1-3H3,(H2,12,13,14,15). The molecule has 96 valence electrons. The Balaban J connectivity index is 2.47. The smallest absolute Gasteiger partial charge is 0.223 e. The molecule has 1 aromatic heterocycles. The van der Waals surface area contributed by atoms with Gasteiger partial charge in [0.15, 0.2) is 0 Å². The molecule has 0 atom stereocenters. The van der Waals surface area contributed by atoms with E-state index in [1.165, 1.54) is 0 Å². The van der Waals surface area contributed by atoms with Gasteiger partial charge in [-0.2, -0.15) is 9.97 Å². The van der Waals surface area contributed by atoms with Crippen LogP contribution >= 0.6 is 0 Å². The van der Waals surface area contributed by atoms with Gasteiger partial charge in [0.2, 0.25) is 5.95 Å². The number of rotatable bonds is 7. The lowest BCUT2D eigenvalue weighted by atomic mass is 10.2. The molecule has 0 fully saturated rings. The second-order valence-electron chi connectivity index (χ2n) is 3.98. The molecular formula is C11H20N4O2. The molecule has 0 amide bonds. The van der Waals surface area contributed by atoms with Crippen molar-refractivity contribution in [3.63, 3.8) is 0 Å². The Labute approximate surface area is 102 Å². The van der Waals surface area contributed by atoms with E-state index in [2.05, 4.69) is 15.0 Å². The van der Waals surface area contributed by atoms with Crippen molar-refractivity contribution in [2.75, 3.05) is 32.7 Å². The number of aromatic nitrogens is 3. The number of hydrogen-bond donors (Lipinski definition) is 1. The van der Waals surface area contributed by atoms with E-state index in [1.807, 2.05) is 13.8 Å². The average Bonchev–Trinajstić information content (AvgIpc) is 2.28. The predicted molar refractivity (Wildman–Crippen MR) is 64.7 cm³/mol. The highest BCUT2D eigenvalue weighted by molar-refractivity contribution is 5.17. The molecule has 0 spiro atoms. The third kappa shape index (κ3) is 5.06. The van der Waals surface area contributed by atoms with Crippen LogP contribution in [0.25, 0.3) is 0 Å². The van der Waals surface area contributed by atoms with Crippen LogP contribution in [0.4, 0.5) is 5.95 Å². The summed E-state index contributed by atoms with van der Waals surface area (Å²) in [6.45, 7) is 5.77. The van der Waals surface area contributed by atoms with E-state index in [-0.39, 0.29) is 11.9 Å². The van der Waals surface area contributed by atoms with E-state index in [0.717, 1.165) is 5.82 Å². The van der Waals surface area contributed by atoms with Gasteiger partial charge in [-0.05, 0) is 0 Å². The van der Waals surface area contributed by atoms with Crippen molar-refractivity contribution in [2.24, 2.45) is 0 Å². The van der Waals surface area contributed by atoms with Crippen molar-refractivity contribution in [3.05, 3.63) is 11.6 Å². The van der Waals surface area contributed by atoms with Crippen molar-refractivity contribution in [2.45, 2.75) is 26.2 Å². The van der Waals surface area contributed by atoms with E-state index in [1.54, 1.807) is 7.11 Å². The van der Waals surface area contributed by atoms with Crippen molar-refractivity contribution < 1.29 is 9.47 Å². The quantitative estimate of drug-likeness (QED) is 0.709. The van der Waals surface area contributed by atoms with Crippen LogP contribution in [0, 0.1) is 0 Å². The molecule has 2 N–H and O–H groups in total. The lowest BCUT2D eigenvalue weighted by Crippen LogP contribution is -2.11. The number of nitrogen functional groups attached to an aromatic ring is 1. The number of nitrogens with two attached hydrogens (primary N) is 1. The van der Waals surface area contributed by atoms with Crippen LogP contribution in [0.3, 0.4) is 0 Å². The molecule has 1 heterocycles. The first kappa shape index (κ1) is 13.8. The summed E-state index contributed by atoms with van der Waals surface area (Å²) in [5.41, 5.74) is 5.63. The summed E-state index contributed by atoms with van der Waals surface area (Å²) in [7, 11) is 1.64. The molecule has 1 rings (SSSR count). The molecule has 0 unspecified atom stereocenters. The number of hydrogen-bond acceptors (Lipinski definition) is 6. The molecular weight excluding hydrogens is 220 g/mol. The van der Waals surface area contributed by atoms with E-state index >= 15 is 0 Å². The molecule has 0 radical (unpaired) electrons. The van der Waals surface area contributed by atoms with Gasteiger partial charge in [-0.25, -0.2) is 4.98 Å². The minimum atomic E-state index is 0.244. The van der Waals surface area contributed by atoms with Crippen LogP contribution in [0.2, 0.25) is 0 Å². The number of anilines is 1. The first-order valence-corrected chi connectivity index (χ1v) is 5.70. The van der Waals surface area contributed by atoms with E-state index in [0.29, 0.717) is 32.1 Å². The van der Waals surface area contributed by atoms with Gasteiger partial charge in [0.05, 0.1) is 19.8 Å². The largest absolute Gasteiger partial charge is 0.382 e. The maximum absolute atomic E-state index is 5.63. The zero-order valence-electron chi connectivity index (χ0n) is 10.6. The molecule has 0 saturated heterocycles. The first-order valence-electron chi connectivity index (χ1n) is 5.70. The fourth-order valence-electron chi connectivity index (χ4n) is 1.23. The molecule has 0 aliphatic heterocycles. The second-order valence-corrected chi connectivity index (χ2v) is 3.98. The fourth-order valence-corrected chi connectivity index (χ4v) is 1.23. The number of nitrogens with zero attached hydrogens (tertiary/aromatic N) is 3. The summed E-state index contributed by atoms with van der Waals surface area (Å²) >= 11 is 0. The van der Waals surface area contributed by atoms with Gasteiger partial charge in [0.1, 0.15) is 11.6 Å². The highest BCUT2D eigenvalue weighted by atomic mass is 16.5. The highest BCUT2D eigenvalue weighted by Crippen LogP contribution is 2.09. The van der Waals surface area contributed by atoms with E-state index in [4.69, 9.17) is 15.2 Å². The zero-order valence-corrected chi connectivity index (χ0v) is 10.6. The molecule has 0 aromatic carbocycles. The van der Waals surface area contributed by atoms with Crippen molar-refractivity contribution in [1.82, 2.24) is 15.0 Å². The normalized spacial score (nSPS) is 11.1. The molecule has 6 nitrogen and oxygen atoms in total. The lowest BCUT2D eigenvalue weighted by molar-refractivity contribution is 0.0716. The molecule has 0 bridgehead atoms. The Morgan fingerprint density at radius 3 is 2.53 bits per heavy atom. The van der Waals surface area contributed by atoms with Gasteiger partial charge < -0.3 is 15.2 Å². The van der Waals surface area contributed by atoms with Crippen LogP contribution in [0.5, 0.6) is 0 Å². The average molecular weight is 240 g/mol. The third-order valence-corrected chi connectivity index (χ3v) is 2.13. The summed E-state index contributed by atoms with van der Waals surface area (Å²) in [6, 6.07) is 0. The summed E-state index contributed by atoms with van der Waals surface area (Å²) in [5.74, 6) is 1.92. The van der Waals surface area contributed by atoms with Crippen molar-refractivity contribution >= 4 is 5.95 Å². The summed E-state index contributed by atoms with van der Waals surface area (Å²) in [4.78, 5) is 12.5. The van der Waals surface area contributed by atoms with Crippen LogP contribution in [0.1, 0.15) is 31.4 Å².